The molecule has 0 aromatic heterocycles. The zero-order valence-electron chi connectivity index (χ0n) is 17.2. The molecule has 3 rings (SSSR count). The topological polar surface area (TPSA) is 59.1 Å². The Bertz CT molecular complexity index is 849. The van der Waals surface area contributed by atoms with Gasteiger partial charge in [-0.2, -0.15) is 0 Å². The number of piperazine rings is 1. The highest BCUT2D eigenvalue weighted by Gasteiger charge is 2.21. The summed E-state index contributed by atoms with van der Waals surface area (Å²) in [7, 11) is 1.37. The van der Waals surface area contributed by atoms with Crippen LogP contribution >= 0.6 is 11.6 Å². The van der Waals surface area contributed by atoms with Gasteiger partial charge in [-0.25, -0.2) is 0 Å². The van der Waals surface area contributed by atoms with Gasteiger partial charge in [-0.3, -0.25) is 14.5 Å². The van der Waals surface area contributed by atoms with Gasteiger partial charge in [0.05, 0.1) is 7.11 Å². The number of halogens is 1. The molecule has 0 saturated carbocycles. The molecule has 7 heteroatoms. The number of amides is 1. The molecule has 160 valence electrons. The van der Waals surface area contributed by atoms with E-state index in [-0.39, 0.29) is 24.9 Å². The van der Waals surface area contributed by atoms with Crippen molar-refractivity contribution in [3.8, 4) is 5.75 Å². The molecule has 0 radical (unpaired) electrons. The van der Waals surface area contributed by atoms with Crippen LogP contribution in [0.2, 0.25) is 5.02 Å². The highest BCUT2D eigenvalue weighted by atomic mass is 35.5. The summed E-state index contributed by atoms with van der Waals surface area (Å²) in [4.78, 5) is 28.2. The number of rotatable bonds is 8. The monoisotopic (exact) mass is 430 g/mol. The van der Waals surface area contributed by atoms with Crippen LogP contribution in [-0.2, 0) is 27.3 Å². The molecular weight excluding hydrogens is 404 g/mol. The van der Waals surface area contributed by atoms with Crippen molar-refractivity contribution in [1.29, 1.82) is 0 Å². The summed E-state index contributed by atoms with van der Waals surface area (Å²) in [6.07, 6.45) is 0.792. The average molecular weight is 431 g/mol. The Hall–Kier alpha value is -2.57. The lowest BCUT2D eigenvalue weighted by molar-refractivity contribution is -0.140. The van der Waals surface area contributed by atoms with Crippen LogP contribution in [0.15, 0.2) is 48.5 Å². The fourth-order valence-electron chi connectivity index (χ4n) is 3.42. The van der Waals surface area contributed by atoms with Crippen LogP contribution in [0.1, 0.15) is 17.5 Å². The molecule has 0 unspecified atom stereocenters. The Morgan fingerprint density at radius 3 is 2.40 bits per heavy atom. The Balaban J connectivity index is 1.45. The van der Waals surface area contributed by atoms with Crippen LogP contribution in [0.4, 0.5) is 0 Å². The molecule has 1 saturated heterocycles. The Morgan fingerprint density at radius 2 is 1.70 bits per heavy atom. The Morgan fingerprint density at radius 1 is 1.00 bits per heavy atom. The third-order valence-electron chi connectivity index (χ3n) is 5.19. The summed E-state index contributed by atoms with van der Waals surface area (Å²) >= 11 is 5.94. The SMILES string of the molecule is COC(=O)CCc1ccccc1OCC(=O)N1CCN(Cc2ccc(Cl)cc2)CC1. The van der Waals surface area contributed by atoms with Crippen molar-refractivity contribution in [2.45, 2.75) is 19.4 Å². The van der Waals surface area contributed by atoms with Crippen molar-refractivity contribution in [2.75, 3.05) is 39.9 Å². The molecule has 0 spiro atoms. The molecule has 1 amide bonds. The third-order valence-corrected chi connectivity index (χ3v) is 5.45. The van der Waals surface area contributed by atoms with E-state index in [2.05, 4.69) is 4.90 Å². The first-order chi connectivity index (χ1) is 14.5. The van der Waals surface area contributed by atoms with Crippen LogP contribution in [0.5, 0.6) is 5.75 Å². The maximum absolute atomic E-state index is 12.6. The number of ether oxygens (including phenoxy) is 2. The molecular formula is C23H27ClN2O4. The predicted molar refractivity (Wildman–Crippen MR) is 116 cm³/mol. The van der Waals surface area contributed by atoms with Crippen LogP contribution in [0.25, 0.3) is 0 Å². The molecule has 0 atom stereocenters. The first-order valence-corrected chi connectivity index (χ1v) is 10.4. The van der Waals surface area contributed by atoms with E-state index >= 15 is 0 Å². The first-order valence-electron chi connectivity index (χ1n) is 10.1. The summed E-state index contributed by atoms with van der Waals surface area (Å²) in [5, 5.41) is 0.737. The summed E-state index contributed by atoms with van der Waals surface area (Å²) in [6.45, 7) is 3.85. The molecule has 6 nitrogen and oxygen atoms in total. The lowest BCUT2D eigenvalue weighted by Crippen LogP contribution is -2.49. The Labute approximate surface area is 182 Å². The van der Waals surface area contributed by atoms with Gasteiger partial charge < -0.3 is 14.4 Å². The summed E-state index contributed by atoms with van der Waals surface area (Å²) in [5.41, 5.74) is 2.11. The Kier molecular flexibility index (Phi) is 8.11. The van der Waals surface area contributed by atoms with Crippen molar-refractivity contribution >= 4 is 23.5 Å². The first kappa shape index (κ1) is 22.1. The summed E-state index contributed by atoms with van der Waals surface area (Å²) in [5.74, 6) is 0.345. The van der Waals surface area contributed by atoms with Crippen molar-refractivity contribution in [3.63, 3.8) is 0 Å². The van der Waals surface area contributed by atoms with Crippen molar-refractivity contribution in [1.82, 2.24) is 9.80 Å². The number of nitrogens with zero attached hydrogens (tertiary/aromatic N) is 2. The van der Waals surface area contributed by atoms with E-state index in [1.54, 1.807) is 0 Å². The van der Waals surface area contributed by atoms with E-state index in [1.807, 2.05) is 53.4 Å². The lowest BCUT2D eigenvalue weighted by atomic mass is 10.1. The van der Waals surface area contributed by atoms with Crippen LogP contribution in [-0.4, -0.2) is 61.6 Å². The van der Waals surface area contributed by atoms with Crippen LogP contribution in [0, 0.1) is 0 Å². The summed E-state index contributed by atoms with van der Waals surface area (Å²) in [6, 6.07) is 15.3. The van der Waals surface area contributed by atoms with Gasteiger partial charge in [0.15, 0.2) is 6.61 Å². The number of hydrogen-bond acceptors (Lipinski definition) is 5. The third kappa shape index (κ3) is 6.47. The largest absolute Gasteiger partial charge is 0.483 e. The average Bonchev–Trinajstić information content (AvgIpc) is 2.78. The fourth-order valence-corrected chi connectivity index (χ4v) is 3.55. The van der Waals surface area contributed by atoms with E-state index in [9.17, 15) is 9.59 Å². The van der Waals surface area contributed by atoms with Gasteiger partial charge in [0.1, 0.15) is 5.75 Å². The zero-order chi connectivity index (χ0) is 21.3. The standard InChI is InChI=1S/C23H27ClN2O4/c1-29-23(28)11-8-19-4-2-3-5-21(19)30-17-22(27)26-14-12-25(13-15-26)16-18-6-9-20(24)10-7-18/h2-7,9-10H,8,11-17H2,1H3. The van der Waals surface area contributed by atoms with Gasteiger partial charge in [0.2, 0.25) is 0 Å². The molecule has 1 heterocycles. The van der Waals surface area contributed by atoms with Gasteiger partial charge in [-0.05, 0) is 35.7 Å². The van der Waals surface area contributed by atoms with Crippen LogP contribution < -0.4 is 4.74 Å². The molecule has 0 bridgehead atoms. The molecule has 1 aliphatic heterocycles. The molecule has 1 fully saturated rings. The van der Waals surface area contributed by atoms with E-state index in [0.717, 1.165) is 30.2 Å². The lowest BCUT2D eigenvalue weighted by Gasteiger charge is -2.34. The van der Waals surface area contributed by atoms with Crippen molar-refractivity contribution in [2.24, 2.45) is 0 Å². The summed E-state index contributed by atoms with van der Waals surface area (Å²) < 4.78 is 10.5. The molecule has 1 aliphatic rings. The number of esters is 1. The minimum atomic E-state index is -0.266. The quantitative estimate of drug-likeness (QED) is 0.602. The zero-order valence-corrected chi connectivity index (χ0v) is 17.9. The second kappa shape index (κ2) is 11.0. The van der Waals surface area contributed by atoms with E-state index in [0.29, 0.717) is 25.3 Å². The molecule has 30 heavy (non-hydrogen) atoms. The van der Waals surface area contributed by atoms with Gasteiger partial charge in [0.25, 0.3) is 5.91 Å². The maximum atomic E-state index is 12.6. The van der Waals surface area contributed by atoms with Gasteiger partial charge in [-0.1, -0.05) is 41.9 Å². The molecule has 0 aliphatic carbocycles. The van der Waals surface area contributed by atoms with Gasteiger partial charge in [0, 0.05) is 44.2 Å². The van der Waals surface area contributed by atoms with Gasteiger partial charge in [-0.15, -0.1) is 0 Å². The number of para-hydroxylation sites is 1. The smallest absolute Gasteiger partial charge is 0.305 e. The van der Waals surface area contributed by atoms with E-state index in [4.69, 9.17) is 21.1 Å². The number of methoxy groups -OCH3 is 1. The second-order valence-electron chi connectivity index (χ2n) is 7.26. The highest BCUT2D eigenvalue weighted by Crippen LogP contribution is 2.20. The minimum Gasteiger partial charge on any atom is -0.483 e. The number of aryl methyl sites for hydroxylation is 1. The van der Waals surface area contributed by atoms with E-state index < -0.39 is 0 Å². The van der Waals surface area contributed by atoms with Crippen LogP contribution in [0.3, 0.4) is 0 Å². The molecule has 2 aromatic carbocycles. The highest BCUT2D eigenvalue weighted by molar-refractivity contribution is 6.30. The molecule has 0 N–H and O–H groups in total. The predicted octanol–water partition coefficient (Wildman–Crippen LogP) is 3.17. The number of hydrogen-bond donors (Lipinski definition) is 0. The van der Waals surface area contributed by atoms with Crippen molar-refractivity contribution in [3.05, 3.63) is 64.7 Å². The fraction of sp³-hybridized carbons (Fsp3) is 0.391. The number of benzene rings is 2. The van der Waals surface area contributed by atoms with E-state index in [1.165, 1.54) is 12.7 Å². The van der Waals surface area contributed by atoms with Gasteiger partial charge >= 0.3 is 5.97 Å². The normalized spacial score (nSPS) is 14.4. The number of carbonyl (C=O) groups is 2. The maximum Gasteiger partial charge on any atom is 0.305 e. The van der Waals surface area contributed by atoms with Crippen molar-refractivity contribution < 1.29 is 19.1 Å². The molecule has 2 aromatic rings. The number of carbonyl (C=O) groups excluding carboxylic acids is 2. The minimum absolute atomic E-state index is 0.00752. The second-order valence-corrected chi connectivity index (χ2v) is 7.69.